The summed E-state index contributed by atoms with van der Waals surface area (Å²) in [6, 6.07) is 1.25. The van der Waals surface area contributed by atoms with Gasteiger partial charge in [-0.1, -0.05) is 6.92 Å². The van der Waals surface area contributed by atoms with Crippen molar-refractivity contribution in [3.05, 3.63) is 32.6 Å². The number of fused-ring (bicyclic) bond motifs is 1. The van der Waals surface area contributed by atoms with E-state index in [1.165, 1.54) is 22.6 Å². The SMILES string of the molecule is CCCn1c(C(=O)N2CC(N3C(=O)CCC3=O)C2)cc2c(=O)n(C)c(=O)n(C)c21. The summed E-state index contributed by atoms with van der Waals surface area (Å²) >= 11 is 0. The van der Waals surface area contributed by atoms with Crippen LogP contribution in [-0.2, 0) is 30.2 Å². The summed E-state index contributed by atoms with van der Waals surface area (Å²) in [6.07, 6.45) is 1.17. The van der Waals surface area contributed by atoms with Gasteiger partial charge in [-0.3, -0.25) is 33.2 Å². The normalized spacial score (nSPS) is 17.5. The number of hydrogen-bond acceptors (Lipinski definition) is 5. The van der Waals surface area contributed by atoms with Crippen LogP contribution in [0.1, 0.15) is 36.7 Å². The summed E-state index contributed by atoms with van der Waals surface area (Å²) in [4.78, 5) is 64.7. The summed E-state index contributed by atoms with van der Waals surface area (Å²) in [5, 5.41) is 0.313. The van der Waals surface area contributed by atoms with Crippen LogP contribution in [0.5, 0.6) is 0 Å². The molecule has 4 heterocycles. The van der Waals surface area contributed by atoms with E-state index < -0.39 is 11.2 Å². The highest BCUT2D eigenvalue weighted by Gasteiger charge is 2.43. The highest BCUT2D eigenvalue weighted by molar-refractivity contribution is 6.03. The van der Waals surface area contributed by atoms with E-state index in [4.69, 9.17) is 0 Å². The van der Waals surface area contributed by atoms with Crippen molar-refractivity contribution in [2.24, 2.45) is 14.1 Å². The first kappa shape index (κ1) is 19.2. The van der Waals surface area contributed by atoms with Gasteiger partial charge in [-0.15, -0.1) is 0 Å². The molecule has 2 aromatic rings. The van der Waals surface area contributed by atoms with Gasteiger partial charge in [0, 0.05) is 46.6 Å². The molecule has 10 nitrogen and oxygen atoms in total. The molecule has 2 aromatic heterocycles. The van der Waals surface area contributed by atoms with Crippen molar-refractivity contribution < 1.29 is 14.4 Å². The topological polar surface area (TPSA) is 107 Å². The molecule has 0 aromatic carbocycles. The second kappa shape index (κ2) is 6.71. The Hall–Kier alpha value is -3.17. The molecule has 154 valence electrons. The van der Waals surface area contributed by atoms with E-state index in [2.05, 4.69) is 0 Å². The van der Waals surface area contributed by atoms with Crippen LogP contribution in [0.15, 0.2) is 15.7 Å². The van der Waals surface area contributed by atoms with Crippen LogP contribution < -0.4 is 11.2 Å². The number of likely N-dealkylation sites (tertiary alicyclic amines) is 2. The van der Waals surface area contributed by atoms with Crippen molar-refractivity contribution in [3.8, 4) is 0 Å². The summed E-state index contributed by atoms with van der Waals surface area (Å²) in [5.41, 5.74) is -0.142. The second-order valence-electron chi connectivity index (χ2n) is 7.65. The smallest absolute Gasteiger partial charge is 0.332 e. The molecule has 0 atom stereocenters. The van der Waals surface area contributed by atoms with Gasteiger partial charge in [0.05, 0.1) is 11.4 Å². The zero-order valence-electron chi connectivity index (χ0n) is 16.7. The molecule has 0 spiro atoms. The van der Waals surface area contributed by atoms with E-state index in [1.54, 1.807) is 16.5 Å². The highest BCUT2D eigenvalue weighted by Crippen LogP contribution is 2.25. The lowest BCUT2D eigenvalue weighted by atomic mass is 10.1. The quantitative estimate of drug-likeness (QED) is 0.638. The minimum Gasteiger partial charge on any atom is -0.333 e. The van der Waals surface area contributed by atoms with E-state index in [0.717, 1.165) is 4.57 Å². The fourth-order valence-corrected chi connectivity index (χ4v) is 4.22. The number of rotatable bonds is 4. The van der Waals surface area contributed by atoms with Gasteiger partial charge in [0.15, 0.2) is 0 Å². The Labute approximate surface area is 165 Å². The summed E-state index contributed by atoms with van der Waals surface area (Å²) < 4.78 is 4.11. The third kappa shape index (κ3) is 2.73. The standard InChI is InChI=1S/C19H23N5O5/c1-4-7-23-13(8-12-16(23)20(2)19(29)21(3)17(12)27)18(28)22-9-11(10-22)24-14(25)5-6-15(24)26/h8,11H,4-7,9-10H2,1-3H3. The number of carbonyl (C=O) groups is 3. The maximum Gasteiger partial charge on any atom is 0.332 e. The first-order valence-corrected chi connectivity index (χ1v) is 9.69. The van der Waals surface area contributed by atoms with Gasteiger partial charge in [-0.05, 0) is 12.5 Å². The lowest BCUT2D eigenvalue weighted by Gasteiger charge is -2.43. The first-order valence-electron chi connectivity index (χ1n) is 9.69. The number of imide groups is 1. The van der Waals surface area contributed by atoms with Crippen molar-refractivity contribution in [3.63, 3.8) is 0 Å². The molecule has 0 aliphatic carbocycles. The summed E-state index contributed by atoms with van der Waals surface area (Å²) in [5.74, 6) is -0.657. The molecule has 29 heavy (non-hydrogen) atoms. The van der Waals surface area contributed by atoms with Crippen molar-refractivity contribution in [2.75, 3.05) is 13.1 Å². The fraction of sp³-hybridized carbons (Fsp3) is 0.526. The molecule has 2 fully saturated rings. The molecule has 2 saturated heterocycles. The number of carbonyl (C=O) groups excluding carboxylic acids is 3. The number of aryl methyl sites for hydroxylation is 2. The number of aromatic nitrogens is 3. The number of amides is 3. The predicted molar refractivity (Wildman–Crippen MR) is 103 cm³/mol. The molecule has 0 bridgehead atoms. The molecule has 2 aliphatic heterocycles. The molecule has 0 radical (unpaired) electrons. The number of hydrogen-bond donors (Lipinski definition) is 0. The van der Waals surface area contributed by atoms with Gasteiger partial charge in [0.1, 0.15) is 11.3 Å². The Morgan fingerprint density at radius 2 is 1.66 bits per heavy atom. The van der Waals surface area contributed by atoms with Crippen LogP contribution in [0.25, 0.3) is 11.0 Å². The average Bonchev–Trinajstić information content (AvgIpc) is 3.19. The van der Waals surface area contributed by atoms with Crippen LogP contribution in [0.3, 0.4) is 0 Å². The van der Waals surface area contributed by atoms with Crippen molar-refractivity contribution in [1.82, 2.24) is 23.5 Å². The third-order valence-electron chi connectivity index (χ3n) is 5.77. The Bertz CT molecular complexity index is 1150. The van der Waals surface area contributed by atoms with Crippen LogP contribution >= 0.6 is 0 Å². The van der Waals surface area contributed by atoms with Crippen molar-refractivity contribution >= 4 is 28.8 Å². The lowest BCUT2D eigenvalue weighted by molar-refractivity contribution is -0.144. The Morgan fingerprint density at radius 1 is 1.03 bits per heavy atom. The predicted octanol–water partition coefficient (Wildman–Crippen LogP) is -0.578. The van der Waals surface area contributed by atoms with Crippen LogP contribution in [0.2, 0.25) is 0 Å². The van der Waals surface area contributed by atoms with Gasteiger partial charge in [-0.25, -0.2) is 4.79 Å². The minimum atomic E-state index is -0.452. The van der Waals surface area contributed by atoms with Crippen molar-refractivity contribution in [1.29, 1.82) is 0 Å². The van der Waals surface area contributed by atoms with Crippen LogP contribution in [0, 0.1) is 0 Å². The van der Waals surface area contributed by atoms with E-state index in [0.29, 0.717) is 29.7 Å². The molecular weight excluding hydrogens is 378 g/mol. The van der Waals surface area contributed by atoms with E-state index >= 15 is 0 Å². The van der Waals surface area contributed by atoms with E-state index in [-0.39, 0.29) is 49.7 Å². The Morgan fingerprint density at radius 3 is 2.24 bits per heavy atom. The summed E-state index contributed by atoms with van der Waals surface area (Å²) in [6.45, 7) is 2.98. The monoisotopic (exact) mass is 401 g/mol. The highest BCUT2D eigenvalue weighted by atomic mass is 16.2. The molecule has 0 saturated carbocycles. The molecule has 4 rings (SSSR count). The lowest BCUT2D eigenvalue weighted by Crippen LogP contribution is -2.62. The molecular formula is C19H23N5O5. The zero-order chi connectivity index (χ0) is 21.0. The first-order chi connectivity index (χ1) is 13.8. The van der Waals surface area contributed by atoms with Gasteiger partial charge in [-0.2, -0.15) is 0 Å². The third-order valence-corrected chi connectivity index (χ3v) is 5.77. The molecule has 3 amide bonds. The van der Waals surface area contributed by atoms with Gasteiger partial charge < -0.3 is 9.47 Å². The largest absolute Gasteiger partial charge is 0.333 e. The average molecular weight is 401 g/mol. The molecule has 2 aliphatic rings. The Kier molecular flexibility index (Phi) is 4.44. The van der Waals surface area contributed by atoms with Crippen molar-refractivity contribution in [2.45, 2.75) is 38.8 Å². The van der Waals surface area contributed by atoms with Crippen LogP contribution in [-0.4, -0.2) is 60.4 Å². The van der Waals surface area contributed by atoms with E-state index in [1.807, 2.05) is 6.92 Å². The maximum atomic E-state index is 13.1. The maximum absolute atomic E-state index is 13.1. The fourth-order valence-electron chi connectivity index (χ4n) is 4.22. The molecule has 10 heteroatoms. The molecule has 0 unspecified atom stereocenters. The van der Waals surface area contributed by atoms with Gasteiger partial charge in [0.25, 0.3) is 11.5 Å². The second-order valence-corrected chi connectivity index (χ2v) is 7.65. The summed E-state index contributed by atoms with van der Waals surface area (Å²) in [7, 11) is 2.99. The van der Waals surface area contributed by atoms with Gasteiger partial charge in [0.2, 0.25) is 11.8 Å². The zero-order valence-corrected chi connectivity index (χ0v) is 16.7. The molecule has 0 N–H and O–H groups in total. The van der Waals surface area contributed by atoms with Crippen LogP contribution in [0.4, 0.5) is 0 Å². The number of nitrogens with zero attached hydrogens (tertiary/aromatic N) is 5. The minimum absolute atomic E-state index is 0.189. The van der Waals surface area contributed by atoms with Gasteiger partial charge >= 0.3 is 5.69 Å². The van der Waals surface area contributed by atoms with E-state index in [9.17, 15) is 24.0 Å². The Balaban J connectivity index is 1.69.